The largest absolute Gasteiger partial charge is 0.416 e. The number of aromatic nitrogens is 2. The van der Waals surface area contributed by atoms with E-state index in [2.05, 4.69) is 15.4 Å². The van der Waals surface area contributed by atoms with Gasteiger partial charge in [-0.05, 0) is 53.2 Å². The van der Waals surface area contributed by atoms with Crippen molar-refractivity contribution in [2.24, 2.45) is 4.99 Å². The molecule has 1 fully saturated rings. The van der Waals surface area contributed by atoms with Crippen molar-refractivity contribution in [2.75, 3.05) is 19.6 Å². The molecular weight excluding hydrogens is 548 g/mol. The van der Waals surface area contributed by atoms with Gasteiger partial charge in [-0.15, -0.1) is 0 Å². The molecule has 0 saturated carbocycles. The lowest BCUT2D eigenvalue weighted by atomic mass is 10.0. The number of aliphatic imine (C=N–C) groups is 1. The van der Waals surface area contributed by atoms with E-state index in [4.69, 9.17) is 0 Å². The van der Waals surface area contributed by atoms with E-state index in [9.17, 15) is 35.9 Å². The van der Waals surface area contributed by atoms with Gasteiger partial charge in [0.2, 0.25) is 5.91 Å². The van der Waals surface area contributed by atoms with Crippen molar-refractivity contribution in [1.29, 1.82) is 0 Å². The number of carbonyl (C=O) groups is 2. The lowest BCUT2D eigenvalue weighted by molar-refractivity contribution is -0.143. The fraction of sp³-hybridized carbons (Fsp3) is 0.280. The topological polar surface area (TPSA) is 79.6 Å². The zero-order valence-electron chi connectivity index (χ0n) is 19.9. The number of nitrogens with one attached hydrogen (secondary N) is 1. The first-order chi connectivity index (χ1) is 18.4. The van der Waals surface area contributed by atoms with Gasteiger partial charge in [-0.1, -0.05) is 12.1 Å². The number of hydrogen-bond acceptors (Lipinski definition) is 5. The van der Waals surface area contributed by atoms with Crippen molar-refractivity contribution in [3.8, 4) is 0 Å². The van der Waals surface area contributed by atoms with Crippen LogP contribution >= 0.6 is 11.8 Å². The molecule has 39 heavy (non-hydrogen) atoms. The van der Waals surface area contributed by atoms with E-state index in [0.717, 1.165) is 6.07 Å². The van der Waals surface area contributed by atoms with Crippen LogP contribution in [0.3, 0.4) is 0 Å². The zero-order valence-corrected chi connectivity index (χ0v) is 20.8. The summed E-state index contributed by atoms with van der Waals surface area (Å²) in [6.07, 6.45) is -6.52. The maximum Gasteiger partial charge on any atom is 0.416 e. The fourth-order valence-corrected chi connectivity index (χ4v) is 5.25. The normalized spacial score (nSPS) is 18.1. The molecule has 7 nitrogen and oxygen atoms in total. The Morgan fingerprint density at radius 3 is 2.54 bits per heavy atom. The Kier molecular flexibility index (Phi) is 6.91. The van der Waals surface area contributed by atoms with E-state index >= 15 is 0 Å². The van der Waals surface area contributed by atoms with Crippen LogP contribution in [0, 0.1) is 0 Å². The van der Waals surface area contributed by atoms with Crippen molar-refractivity contribution >= 4 is 45.7 Å². The summed E-state index contributed by atoms with van der Waals surface area (Å²) in [7, 11) is 0. The lowest BCUT2D eigenvalue weighted by Gasteiger charge is -2.19. The van der Waals surface area contributed by atoms with Crippen LogP contribution in [-0.2, 0) is 28.5 Å². The number of hydrogen-bond donors (Lipinski definition) is 1. The Labute approximate surface area is 221 Å². The predicted octanol–water partition coefficient (Wildman–Crippen LogP) is 4.91. The molecule has 2 aliphatic rings. The molecule has 3 aromatic rings. The molecule has 0 atom stereocenters. The van der Waals surface area contributed by atoms with Crippen LogP contribution in [0.15, 0.2) is 52.5 Å². The van der Waals surface area contributed by atoms with E-state index in [1.54, 1.807) is 24.3 Å². The average Bonchev–Trinajstić information content (AvgIpc) is 3.34. The number of amides is 2. The monoisotopic (exact) mass is 567 g/mol. The Bertz CT molecular complexity index is 1530. The minimum Gasteiger partial charge on any atom is -0.354 e. The summed E-state index contributed by atoms with van der Waals surface area (Å²) in [6.45, 7) is 1.02. The van der Waals surface area contributed by atoms with Crippen molar-refractivity contribution in [1.82, 2.24) is 20.0 Å². The smallest absolute Gasteiger partial charge is 0.354 e. The lowest BCUT2D eigenvalue weighted by Crippen LogP contribution is -2.31. The van der Waals surface area contributed by atoms with E-state index < -0.39 is 35.9 Å². The Morgan fingerprint density at radius 2 is 1.79 bits per heavy atom. The highest BCUT2D eigenvalue weighted by Crippen LogP contribution is 2.38. The summed E-state index contributed by atoms with van der Waals surface area (Å²) in [5, 5.41) is 7.97. The van der Waals surface area contributed by atoms with Crippen LogP contribution in [0.2, 0.25) is 0 Å². The molecule has 2 aliphatic heterocycles. The van der Waals surface area contributed by atoms with E-state index in [1.165, 1.54) is 22.6 Å². The Morgan fingerprint density at radius 1 is 1.00 bits per heavy atom. The van der Waals surface area contributed by atoms with Gasteiger partial charge in [-0.25, -0.2) is 0 Å². The summed E-state index contributed by atoms with van der Waals surface area (Å²) in [6, 6.07) is 6.51. The minimum atomic E-state index is -4.98. The fourth-order valence-electron chi connectivity index (χ4n) is 4.28. The predicted molar refractivity (Wildman–Crippen MR) is 132 cm³/mol. The second-order valence-corrected chi connectivity index (χ2v) is 9.89. The summed E-state index contributed by atoms with van der Waals surface area (Å²) in [5.41, 5.74) is -2.01. The summed E-state index contributed by atoms with van der Waals surface area (Å²) < 4.78 is 80.9. The number of rotatable bonds is 3. The first-order valence-electron chi connectivity index (χ1n) is 11.7. The Balaban J connectivity index is 1.37. The molecule has 0 aliphatic carbocycles. The highest BCUT2D eigenvalue weighted by molar-refractivity contribution is 8.18. The first-order valence-corrected chi connectivity index (χ1v) is 12.5. The number of nitrogens with zero attached hydrogens (tertiary/aromatic N) is 4. The summed E-state index contributed by atoms with van der Waals surface area (Å²) in [5.74, 6) is -0.485. The molecule has 2 aromatic carbocycles. The number of carbonyl (C=O) groups excluding carboxylic acids is 2. The second-order valence-electron chi connectivity index (χ2n) is 8.89. The van der Waals surface area contributed by atoms with Gasteiger partial charge in [0.15, 0.2) is 5.17 Å². The molecule has 0 bridgehead atoms. The van der Waals surface area contributed by atoms with Gasteiger partial charge in [0.05, 0.1) is 34.3 Å². The molecule has 2 amide bonds. The third kappa shape index (κ3) is 5.79. The van der Waals surface area contributed by atoms with Gasteiger partial charge >= 0.3 is 12.4 Å². The van der Waals surface area contributed by atoms with Crippen LogP contribution in [0.4, 0.5) is 26.3 Å². The molecular formula is C25H19F6N5O2S. The van der Waals surface area contributed by atoms with Gasteiger partial charge in [-0.2, -0.15) is 36.4 Å². The van der Waals surface area contributed by atoms with Crippen molar-refractivity contribution in [3.63, 3.8) is 0 Å². The molecule has 5 rings (SSSR count). The molecule has 0 unspecified atom stereocenters. The van der Waals surface area contributed by atoms with Crippen LogP contribution < -0.4 is 5.32 Å². The highest BCUT2D eigenvalue weighted by Gasteiger charge is 2.38. The van der Waals surface area contributed by atoms with Crippen molar-refractivity contribution in [3.05, 3.63) is 69.8 Å². The maximum atomic E-state index is 13.6. The second kappa shape index (κ2) is 10.1. The quantitative estimate of drug-likeness (QED) is 0.359. The van der Waals surface area contributed by atoms with Crippen molar-refractivity contribution in [2.45, 2.75) is 25.3 Å². The molecule has 0 radical (unpaired) electrons. The van der Waals surface area contributed by atoms with E-state index in [0.29, 0.717) is 58.7 Å². The molecule has 1 N–H and O–H groups in total. The first kappa shape index (κ1) is 26.8. The number of amidine groups is 1. The SMILES string of the molecule is O=C1CCN(C2=NC(=O)C(=Cc3ccc4c(cnn4Cc4ccc(C(F)(F)F)cc4C(F)(F)F)c3)S2)CCN1. The van der Waals surface area contributed by atoms with Crippen LogP contribution in [0.1, 0.15) is 28.7 Å². The molecule has 204 valence electrons. The molecule has 1 aromatic heterocycles. The van der Waals surface area contributed by atoms with E-state index in [1.807, 2.05) is 4.90 Å². The third-order valence-corrected chi connectivity index (χ3v) is 7.26. The number of benzene rings is 2. The summed E-state index contributed by atoms with van der Waals surface area (Å²) in [4.78, 5) is 30.4. The molecule has 3 heterocycles. The molecule has 14 heteroatoms. The van der Waals surface area contributed by atoms with E-state index in [-0.39, 0.29) is 17.5 Å². The number of alkyl halides is 6. The summed E-state index contributed by atoms with van der Waals surface area (Å²) >= 11 is 1.19. The van der Waals surface area contributed by atoms with Gasteiger partial charge in [-0.3, -0.25) is 14.3 Å². The van der Waals surface area contributed by atoms with Crippen LogP contribution in [0.25, 0.3) is 17.0 Å². The Hall–Kier alpha value is -3.81. The maximum absolute atomic E-state index is 13.6. The number of halogens is 6. The highest BCUT2D eigenvalue weighted by atomic mass is 32.2. The number of fused-ring (bicyclic) bond motifs is 1. The van der Waals surface area contributed by atoms with Crippen LogP contribution in [-0.4, -0.2) is 51.3 Å². The number of thioether (sulfide) groups is 1. The van der Waals surface area contributed by atoms with Crippen molar-refractivity contribution < 1.29 is 35.9 Å². The standard InChI is InChI=1S/C25H19F6N5O2S/c26-24(27,28)17-3-2-15(18(11-17)25(29,30)31)13-36-19-4-1-14(9-16(19)12-33-36)10-20-22(38)34-23(39-20)35-7-5-21(37)32-6-8-35/h1-4,9-12H,5-8,13H2,(H,32,37). The average molecular weight is 568 g/mol. The van der Waals surface area contributed by atoms with Gasteiger partial charge in [0.1, 0.15) is 0 Å². The zero-order chi connectivity index (χ0) is 27.9. The molecule has 0 spiro atoms. The third-order valence-electron chi connectivity index (χ3n) is 6.22. The van der Waals surface area contributed by atoms with Gasteiger partial charge in [0.25, 0.3) is 5.91 Å². The molecule has 1 saturated heterocycles. The van der Waals surface area contributed by atoms with Gasteiger partial charge in [0, 0.05) is 31.4 Å². The minimum absolute atomic E-state index is 0.0648. The van der Waals surface area contributed by atoms with Gasteiger partial charge < -0.3 is 10.2 Å². The van der Waals surface area contributed by atoms with Crippen LogP contribution in [0.5, 0.6) is 0 Å².